The van der Waals surface area contributed by atoms with E-state index in [1.807, 2.05) is 0 Å². The number of carbonyl (C=O) groups is 2. The molecule has 3 nitrogen and oxygen atoms in total. The number of halogens is 2. The molecule has 0 radical (unpaired) electrons. The first kappa shape index (κ1) is 11.6. The first-order valence-corrected chi connectivity index (χ1v) is 5.54. The molecule has 1 aliphatic carbocycles. The lowest BCUT2D eigenvalue weighted by Crippen LogP contribution is -2.23. The lowest BCUT2D eigenvalue weighted by Gasteiger charge is -2.17. The van der Waals surface area contributed by atoms with E-state index in [1.165, 1.54) is 12.3 Å². The van der Waals surface area contributed by atoms with E-state index in [1.54, 1.807) is 6.92 Å². The van der Waals surface area contributed by atoms with Gasteiger partial charge in [-0.1, -0.05) is 0 Å². The summed E-state index contributed by atoms with van der Waals surface area (Å²) in [6, 6.07) is 2.91. The second-order valence-electron chi connectivity index (χ2n) is 4.34. The van der Waals surface area contributed by atoms with Gasteiger partial charge in [-0.05, 0) is 19.1 Å². The summed E-state index contributed by atoms with van der Waals surface area (Å²) in [7, 11) is 0. The van der Waals surface area contributed by atoms with Crippen molar-refractivity contribution >= 4 is 11.6 Å². The molecule has 0 atom stereocenters. The van der Waals surface area contributed by atoms with E-state index in [0.717, 1.165) is 6.07 Å². The molecule has 1 aromatic heterocycles. The number of aryl methyl sites for hydroxylation is 1. The van der Waals surface area contributed by atoms with Crippen molar-refractivity contribution in [2.75, 3.05) is 0 Å². The molecule has 0 unspecified atom stereocenters. The van der Waals surface area contributed by atoms with Gasteiger partial charge in [-0.15, -0.1) is 0 Å². The van der Waals surface area contributed by atoms with Gasteiger partial charge in [0.05, 0.1) is 11.1 Å². The van der Waals surface area contributed by atoms with Crippen molar-refractivity contribution < 1.29 is 18.4 Å². The minimum Gasteiger partial charge on any atom is -0.288 e. The zero-order chi connectivity index (χ0) is 13.7. The largest absolute Gasteiger partial charge is 0.288 e. The molecule has 5 heteroatoms. The van der Waals surface area contributed by atoms with Crippen molar-refractivity contribution in [1.29, 1.82) is 0 Å². The standard InChI is InChI=1S/C14H7F2NO2/c1-6-2-8-10(5-17-6)13(18)9-3-7(15)4-11(16)12(9)14(8)19/h2-5H,1H3. The molecule has 0 N–H and O–H groups in total. The number of ketones is 2. The highest BCUT2D eigenvalue weighted by atomic mass is 19.1. The zero-order valence-electron chi connectivity index (χ0n) is 9.83. The van der Waals surface area contributed by atoms with Crippen LogP contribution >= 0.6 is 0 Å². The number of hydrogen-bond acceptors (Lipinski definition) is 3. The molecule has 94 valence electrons. The van der Waals surface area contributed by atoms with Gasteiger partial charge in [0.2, 0.25) is 0 Å². The van der Waals surface area contributed by atoms with Crippen molar-refractivity contribution in [2.24, 2.45) is 0 Å². The molecule has 0 aliphatic heterocycles. The molecule has 0 amide bonds. The summed E-state index contributed by atoms with van der Waals surface area (Å²) in [4.78, 5) is 28.3. The van der Waals surface area contributed by atoms with Crippen LogP contribution in [0.5, 0.6) is 0 Å². The van der Waals surface area contributed by atoms with Crippen LogP contribution in [0.2, 0.25) is 0 Å². The molecular formula is C14H7F2NO2. The molecular weight excluding hydrogens is 252 g/mol. The van der Waals surface area contributed by atoms with Crippen LogP contribution in [0.15, 0.2) is 24.4 Å². The third-order valence-electron chi connectivity index (χ3n) is 3.06. The lowest BCUT2D eigenvalue weighted by molar-refractivity contribution is 0.0974. The maximum absolute atomic E-state index is 13.7. The fourth-order valence-corrected chi connectivity index (χ4v) is 2.19. The van der Waals surface area contributed by atoms with E-state index in [9.17, 15) is 18.4 Å². The van der Waals surface area contributed by atoms with Gasteiger partial charge in [0, 0.05) is 29.1 Å². The Morgan fingerprint density at radius 2 is 1.68 bits per heavy atom. The minimum absolute atomic E-state index is 0.0769. The van der Waals surface area contributed by atoms with E-state index < -0.39 is 23.2 Å². The molecule has 0 saturated heterocycles. The van der Waals surface area contributed by atoms with E-state index in [-0.39, 0.29) is 22.3 Å². The second-order valence-corrected chi connectivity index (χ2v) is 4.34. The molecule has 1 heterocycles. The number of pyridine rings is 1. The molecule has 19 heavy (non-hydrogen) atoms. The highest BCUT2D eigenvalue weighted by molar-refractivity contribution is 6.28. The van der Waals surface area contributed by atoms with E-state index in [4.69, 9.17) is 0 Å². The fourth-order valence-electron chi connectivity index (χ4n) is 2.19. The molecule has 0 saturated carbocycles. The maximum atomic E-state index is 13.7. The van der Waals surface area contributed by atoms with Crippen LogP contribution in [-0.4, -0.2) is 16.6 Å². The summed E-state index contributed by atoms with van der Waals surface area (Å²) in [6.45, 7) is 1.66. The maximum Gasteiger partial charge on any atom is 0.197 e. The number of rotatable bonds is 0. The number of aromatic nitrogens is 1. The molecule has 0 spiro atoms. The highest BCUT2D eigenvalue weighted by Crippen LogP contribution is 2.29. The number of nitrogens with zero attached hydrogens (tertiary/aromatic N) is 1. The van der Waals surface area contributed by atoms with Gasteiger partial charge in [0.15, 0.2) is 11.6 Å². The first-order chi connectivity index (χ1) is 8.99. The van der Waals surface area contributed by atoms with Gasteiger partial charge >= 0.3 is 0 Å². The number of fused-ring (bicyclic) bond motifs is 2. The molecule has 0 fully saturated rings. The first-order valence-electron chi connectivity index (χ1n) is 5.54. The summed E-state index contributed by atoms with van der Waals surface area (Å²) in [5.41, 5.74) is 0.111. The van der Waals surface area contributed by atoms with Crippen LogP contribution in [0, 0.1) is 18.6 Å². The number of hydrogen-bond donors (Lipinski definition) is 0. The van der Waals surface area contributed by atoms with Gasteiger partial charge in [0.1, 0.15) is 11.6 Å². The zero-order valence-corrected chi connectivity index (χ0v) is 9.83. The van der Waals surface area contributed by atoms with E-state index >= 15 is 0 Å². The fraction of sp³-hybridized carbons (Fsp3) is 0.0714. The minimum atomic E-state index is -1.02. The molecule has 1 aliphatic rings. The monoisotopic (exact) mass is 259 g/mol. The molecule has 1 aromatic carbocycles. The van der Waals surface area contributed by atoms with Crippen LogP contribution in [0.25, 0.3) is 0 Å². The molecule has 3 rings (SSSR count). The van der Waals surface area contributed by atoms with E-state index in [2.05, 4.69) is 4.98 Å². The number of carbonyl (C=O) groups excluding carboxylic acids is 2. The highest BCUT2D eigenvalue weighted by Gasteiger charge is 2.33. The Morgan fingerprint density at radius 1 is 0.947 bits per heavy atom. The Morgan fingerprint density at radius 3 is 2.42 bits per heavy atom. The summed E-state index contributed by atoms with van der Waals surface area (Å²) in [5, 5.41) is 0. The SMILES string of the molecule is Cc1cc2c(cn1)C(=O)c1cc(F)cc(F)c1C2=O. The van der Waals surface area contributed by atoms with Gasteiger partial charge in [-0.2, -0.15) is 0 Å². The summed E-state index contributed by atoms with van der Waals surface area (Å²) in [5.74, 6) is -3.11. The Balaban J connectivity index is 2.36. The van der Waals surface area contributed by atoms with Gasteiger partial charge in [0.25, 0.3) is 0 Å². The van der Waals surface area contributed by atoms with Crippen LogP contribution in [0.3, 0.4) is 0 Å². The average molecular weight is 259 g/mol. The summed E-state index contributed by atoms with van der Waals surface area (Å²) in [6.07, 6.45) is 1.26. The topological polar surface area (TPSA) is 47.0 Å². The Labute approximate surface area is 106 Å². The van der Waals surface area contributed by atoms with Gasteiger partial charge in [-0.3, -0.25) is 14.6 Å². The normalized spacial score (nSPS) is 13.2. The molecule has 0 bridgehead atoms. The smallest absolute Gasteiger partial charge is 0.197 e. The lowest BCUT2D eigenvalue weighted by atomic mass is 9.84. The van der Waals surface area contributed by atoms with Crippen molar-refractivity contribution in [3.63, 3.8) is 0 Å². The Bertz CT molecular complexity index is 753. The van der Waals surface area contributed by atoms with Crippen molar-refractivity contribution in [2.45, 2.75) is 6.92 Å². The predicted octanol–water partition coefficient (Wildman–Crippen LogP) is 2.44. The Kier molecular flexibility index (Phi) is 2.32. The predicted molar refractivity (Wildman–Crippen MR) is 62.2 cm³/mol. The second kappa shape index (κ2) is 3.78. The van der Waals surface area contributed by atoms with Crippen molar-refractivity contribution in [3.05, 3.63) is 64.0 Å². The van der Waals surface area contributed by atoms with Crippen molar-refractivity contribution in [1.82, 2.24) is 4.98 Å². The molecule has 2 aromatic rings. The van der Waals surface area contributed by atoms with E-state index in [0.29, 0.717) is 11.8 Å². The quantitative estimate of drug-likeness (QED) is 0.623. The third-order valence-corrected chi connectivity index (χ3v) is 3.06. The van der Waals surface area contributed by atoms with Gasteiger partial charge < -0.3 is 0 Å². The summed E-state index contributed by atoms with van der Waals surface area (Å²) >= 11 is 0. The van der Waals surface area contributed by atoms with Crippen LogP contribution in [-0.2, 0) is 0 Å². The Hall–Kier alpha value is -2.43. The van der Waals surface area contributed by atoms with Gasteiger partial charge in [-0.25, -0.2) is 8.78 Å². The number of benzene rings is 1. The summed E-state index contributed by atoms with van der Waals surface area (Å²) < 4.78 is 26.9. The van der Waals surface area contributed by atoms with Crippen LogP contribution < -0.4 is 0 Å². The average Bonchev–Trinajstić information content (AvgIpc) is 2.35. The van der Waals surface area contributed by atoms with Crippen molar-refractivity contribution in [3.8, 4) is 0 Å². The van der Waals surface area contributed by atoms with Crippen LogP contribution in [0.4, 0.5) is 8.78 Å². The van der Waals surface area contributed by atoms with Crippen LogP contribution in [0.1, 0.15) is 37.5 Å². The third kappa shape index (κ3) is 1.58.